The average Bonchev–Trinajstić information content (AvgIpc) is 3.23. The van der Waals surface area contributed by atoms with Crippen LogP contribution in [0.25, 0.3) is 27.6 Å². The van der Waals surface area contributed by atoms with Gasteiger partial charge in [-0.3, -0.25) is 14.2 Å². The maximum Gasteiger partial charge on any atom is 0.283 e. The highest BCUT2D eigenvalue weighted by atomic mass is 35.5. The molecule has 2 heterocycles. The van der Waals surface area contributed by atoms with Crippen molar-refractivity contribution < 1.29 is 9.53 Å². The summed E-state index contributed by atoms with van der Waals surface area (Å²) in [5.74, 6) is 0.400. The van der Waals surface area contributed by atoms with Crippen molar-refractivity contribution in [3.8, 4) is 11.4 Å². The normalized spacial score (nSPS) is 11.1. The molecule has 0 radical (unpaired) electrons. The number of carbonyl (C=O) groups excluding carboxylic acids is 1. The van der Waals surface area contributed by atoms with Crippen molar-refractivity contribution in [1.29, 1.82) is 0 Å². The number of amides is 1. The highest BCUT2D eigenvalue weighted by molar-refractivity contribution is 7.99. The molecule has 0 saturated carbocycles. The zero-order valence-corrected chi connectivity index (χ0v) is 20.3. The smallest absolute Gasteiger partial charge is 0.283 e. The lowest BCUT2D eigenvalue weighted by molar-refractivity contribution is -0.113. The summed E-state index contributed by atoms with van der Waals surface area (Å²) in [6.45, 7) is 2.37. The third-order valence-corrected chi connectivity index (χ3v) is 6.53. The average molecular weight is 505 g/mol. The molecule has 0 spiro atoms. The molecular weight excluding hydrogens is 484 g/mol. The number of hydrogen-bond donors (Lipinski definition) is 2. The van der Waals surface area contributed by atoms with E-state index in [9.17, 15) is 9.59 Å². The molecule has 176 valence electrons. The molecule has 35 heavy (non-hydrogen) atoms. The summed E-state index contributed by atoms with van der Waals surface area (Å²) in [5.41, 5.74) is 2.67. The molecule has 3 aromatic carbocycles. The van der Waals surface area contributed by atoms with Crippen molar-refractivity contribution in [1.82, 2.24) is 14.5 Å². The summed E-state index contributed by atoms with van der Waals surface area (Å²) in [7, 11) is 0. The van der Waals surface area contributed by atoms with Gasteiger partial charge in [0.2, 0.25) is 5.91 Å². The van der Waals surface area contributed by atoms with E-state index < -0.39 is 0 Å². The SMILES string of the molecule is CCOc1ccccc1NC(=O)CSc1nc2c([nH]c3ccccc32)c(=O)n1-c1cccc(Cl)c1. The van der Waals surface area contributed by atoms with Crippen molar-refractivity contribution >= 4 is 56.9 Å². The van der Waals surface area contributed by atoms with Gasteiger partial charge in [0, 0.05) is 15.9 Å². The zero-order valence-electron chi connectivity index (χ0n) is 18.7. The van der Waals surface area contributed by atoms with E-state index >= 15 is 0 Å². The zero-order chi connectivity index (χ0) is 24.4. The number of nitrogens with one attached hydrogen (secondary N) is 2. The van der Waals surface area contributed by atoms with Gasteiger partial charge >= 0.3 is 0 Å². The van der Waals surface area contributed by atoms with Gasteiger partial charge < -0.3 is 15.0 Å². The van der Waals surface area contributed by atoms with E-state index in [1.165, 1.54) is 16.3 Å². The second kappa shape index (κ2) is 9.85. The fourth-order valence-corrected chi connectivity index (χ4v) is 4.84. The molecule has 2 aromatic heterocycles. The lowest BCUT2D eigenvalue weighted by atomic mass is 10.2. The number of fused-ring (bicyclic) bond motifs is 3. The monoisotopic (exact) mass is 504 g/mol. The predicted molar refractivity (Wildman–Crippen MR) is 141 cm³/mol. The number of hydrogen-bond acceptors (Lipinski definition) is 5. The number of anilines is 1. The van der Waals surface area contributed by atoms with Crippen LogP contribution >= 0.6 is 23.4 Å². The van der Waals surface area contributed by atoms with Crippen LogP contribution in [0, 0.1) is 0 Å². The summed E-state index contributed by atoms with van der Waals surface area (Å²) in [6.07, 6.45) is 0. The van der Waals surface area contributed by atoms with Gasteiger partial charge in [-0.05, 0) is 43.3 Å². The predicted octanol–water partition coefficient (Wildman–Crippen LogP) is 5.65. The van der Waals surface area contributed by atoms with E-state index in [-0.39, 0.29) is 17.2 Å². The Morgan fingerprint density at radius 1 is 1.11 bits per heavy atom. The lowest BCUT2D eigenvalue weighted by Gasteiger charge is -2.13. The van der Waals surface area contributed by atoms with Gasteiger partial charge in [-0.1, -0.05) is 59.8 Å². The van der Waals surface area contributed by atoms with E-state index in [1.54, 1.807) is 36.4 Å². The fraction of sp³-hybridized carbons (Fsp3) is 0.115. The Morgan fingerprint density at radius 3 is 2.74 bits per heavy atom. The molecule has 0 atom stereocenters. The van der Waals surface area contributed by atoms with Crippen molar-refractivity contribution in [2.24, 2.45) is 0 Å². The molecule has 0 fully saturated rings. The number of nitrogens with zero attached hydrogens (tertiary/aromatic N) is 2. The first-order valence-corrected chi connectivity index (χ1v) is 12.4. The maximum atomic E-state index is 13.6. The molecule has 9 heteroatoms. The molecule has 5 aromatic rings. The number of aromatic amines is 1. The third-order valence-electron chi connectivity index (χ3n) is 5.35. The van der Waals surface area contributed by atoms with Crippen LogP contribution in [-0.2, 0) is 4.79 Å². The van der Waals surface area contributed by atoms with Gasteiger partial charge in [0.05, 0.1) is 23.7 Å². The second-order valence-corrected chi connectivity index (χ2v) is 9.05. The van der Waals surface area contributed by atoms with Crippen LogP contribution < -0.4 is 15.6 Å². The molecule has 0 saturated heterocycles. The topological polar surface area (TPSA) is 89.0 Å². The number of para-hydroxylation sites is 3. The van der Waals surface area contributed by atoms with E-state index in [1.807, 2.05) is 43.3 Å². The first-order chi connectivity index (χ1) is 17.0. The van der Waals surface area contributed by atoms with Crippen LogP contribution in [0.5, 0.6) is 5.75 Å². The first-order valence-electron chi connectivity index (χ1n) is 11.0. The van der Waals surface area contributed by atoms with Crippen molar-refractivity contribution in [2.45, 2.75) is 12.1 Å². The maximum absolute atomic E-state index is 13.6. The first kappa shape index (κ1) is 23.0. The Balaban J connectivity index is 1.53. The summed E-state index contributed by atoms with van der Waals surface area (Å²) < 4.78 is 7.07. The summed E-state index contributed by atoms with van der Waals surface area (Å²) in [4.78, 5) is 34.4. The molecule has 0 unspecified atom stereocenters. The fourth-order valence-electron chi connectivity index (χ4n) is 3.85. The van der Waals surface area contributed by atoms with Gasteiger partial charge in [-0.2, -0.15) is 0 Å². The van der Waals surface area contributed by atoms with E-state index in [2.05, 4.69) is 10.3 Å². The van der Waals surface area contributed by atoms with Crippen LogP contribution in [-0.4, -0.2) is 32.8 Å². The Labute approximate surface area is 210 Å². The Morgan fingerprint density at radius 2 is 1.91 bits per heavy atom. The molecule has 0 aliphatic heterocycles. The van der Waals surface area contributed by atoms with Crippen molar-refractivity contribution in [3.63, 3.8) is 0 Å². The van der Waals surface area contributed by atoms with Crippen LogP contribution in [0.3, 0.4) is 0 Å². The number of benzene rings is 3. The molecule has 1 amide bonds. The third kappa shape index (κ3) is 4.62. The second-order valence-electron chi connectivity index (χ2n) is 7.68. The summed E-state index contributed by atoms with van der Waals surface area (Å²) in [5, 5.41) is 4.61. The molecule has 0 bridgehead atoms. The Hall–Kier alpha value is -3.75. The largest absolute Gasteiger partial charge is 0.492 e. The summed E-state index contributed by atoms with van der Waals surface area (Å²) >= 11 is 7.39. The lowest BCUT2D eigenvalue weighted by Crippen LogP contribution is -2.23. The standard InChI is InChI=1S/C26H21ClN4O3S/c1-2-34-21-13-6-5-12-20(21)28-22(32)15-35-26-30-23-18-10-3-4-11-19(18)29-24(23)25(33)31(26)17-9-7-8-16(27)14-17/h3-14,29H,2,15H2,1H3,(H,28,32). The highest BCUT2D eigenvalue weighted by Gasteiger charge is 2.18. The molecule has 5 rings (SSSR count). The molecule has 0 aliphatic rings. The van der Waals surface area contributed by atoms with E-state index in [0.717, 1.165) is 10.9 Å². The quantitative estimate of drug-likeness (QED) is 0.221. The van der Waals surface area contributed by atoms with E-state index in [4.69, 9.17) is 21.3 Å². The molecule has 0 aliphatic carbocycles. The number of carbonyl (C=O) groups is 1. The van der Waals surface area contributed by atoms with Crippen LogP contribution in [0.15, 0.2) is 82.7 Å². The van der Waals surface area contributed by atoms with Gasteiger partial charge in [0.1, 0.15) is 16.8 Å². The van der Waals surface area contributed by atoms with Gasteiger partial charge in [-0.25, -0.2) is 4.98 Å². The van der Waals surface area contributed by atoms with Crippen molar-refractivity contribution in [3.05, 3.63) is 88.2 Å². The minimum absolute atomic E-state index is 0.0430. The highest BCUT2D eigenvalue weighted by Crippen LogP contribution is 2.28. The van der Waals surface area contributed by atoms with Gasteiger partial charge in [0.25, 0.3) is 5.56 Å². The number of aromatic nitrogens is 3. The number of thioether (sulfide) groups is 1. The minimum atomic E-state index is -0.266. The summed E-state index contributed by atoms with van der Waals surface area (Å²) in [6, 6.07) is 21.9. The molecule has 7 nitrogen and oxygen atoms in total. The number of H-pyrrole nitrogens is 1. The number of rotatable bonds is 7. The minimum Gasteiger partial charge on any atom is -0.492 e. The molecule has 2 N–H and O–H groups in total. The Bertz CT molecular complexity index is 1610. The van der Waals surface area contributed by atoms with Crippen LogP contribution in [0.2, 0.25) is 5.02 Å². The number of ether oxygens (including phenoxy) is 1. The van der Waals surface area contributed by atoms with Crippen molar-refractivity contribution in [2.75, 3.05) is 17.7 Å². The van der Waals surface area contributed by atoms with Gasteiger partial charge in [0.15, 0.2) is 5.16 Å². The van der Waals surface area contributed by atoms with Crippen LogP contribution in [0.4, 0.5) is 5.69 Å². The van der Waals surface area contributed by atoms with Crippen LogP contribution in [0.1, 0.15) is 6.92 Å². The number of halogens is 1. The van der Waals surface area contributed by atoms with Gasteiger partial charge in [-0.15, -0.1) is 0 Å². The molecular formula is C26H21ClN4O3S. The Kier molecular flexibility index (Phi) is 6.48. The van der Waals surface area contributed by atoms with E-state index in [0.29, 0.717) is 44.9 Å².